The van der Waals surface area contributed by atoms with Gasteiger partial charge in [-0.05, 0) is 54.5 Å². The van der Waals surface area contributed by atoms with Gasteiger partial charge in [-0.3, -0.25) is 0 Å². The number of imidazole rings is 1. The van der Waals surface area contributed by atoms with Gasteiger partial charge in [0.1, 0.15) is 22.2 Å². The maximum Gasteiger partial charge on any atom is 0.436 e. The summed E-state index contributed by atoms with van der Waals surface area (Å²) >= 11 is 12.3. The van der Waals surface area contributed by atoms with Crippen molar-refractivity contribution in [3.8, 4) is 5.69 Å². The van der Waals surface area contributed by atoms with Gasteiger partial charge in [0.05, 0.1) is 23.4 Å². The Kier molecular flexibility index (Phi) is 7.37. The normalized spacial score (nSPS) is 21.3. The van der Waals surface area contributed by atoms with Crippen molar-refractivity contribution in [1.29, 1.82) is 0 Å². The summed E-state index contributed by atoms with van der Waals surface area (Å²) in [6, 6.07) is 14.1. The molecule has 4 aromatic rings. The molecule has 2 atom stereocenters. The van der Waals surface area contributed by atoms with E-state index in [1.165, 1.54) is 24.3 Å². The molecule has 0 saturated carbocycles. The fraction of sp³-hybridized carbons (Fsp3) is 0.222. The summed E-state index contributed by atoms with van der Waals surface area (Å²) in [5, 5.41) is 18.1. The minimum atomic E-state index is -5.08. The first-order valence-corrected chi connectivity index (χ1v) is 14.8. The molecule has 42 heavy (non-hydrogen) atoms. The number of aryl methyl sites for hydroxylation is 1. The lowest BCUT2D eigenvalue weighted by atomic mass is 9.73. The molecular formula is C27H21Cl2F4N5O3S. The molecule has 2 aromatic carbocycles. The highest BCUT2D eigenvalue weighted by Crippen LogP contribution is 2.56. The molecule has 1 aliphatic carbocycles. The van der Waals surface area contributed by atoms with Gasteiger partial charge in [-0.2, -0.15) is 13.2 Å². The second kappa shape index (κ2) is 10.3. The first kappa shape index (κ1) is 30.0. The van der Waals surface area contributed by atoms with Gasteiger partial charge in [0.15, 0.2) is 15.5 Å². The van der Waals surface area contributed by atoms with Crippen molar-refractivity contribution in [2.24, 2.45) is 0 Å². The molecule has 2 heterocycles. The molecule has 2 aromatic heterocycles. The molecule has 0 spiro atoms. The second-order valence-corrected chi connectivity index (χ2v) is 12.4. The smallest absolute Gasteiger partial charge is 0.393 e. The number of sulfone groups is 1. The average molecular weight is 642 g/mol. The predicted molar refractivity (Wildman–Crippen MR) is 149 cm³/mol. The Bertz CT molecular complexity index is 1840. The van der Waals surface area contributed by atoms with Gasteiger partial charge < -0.3 is 9.67 Å². The van der Waals surface area contributed by atoms with Crippen LogP contribution in [-0.4, -0.2) is 50.9 Å². The van der Waals surface area contributed by atoms with Gasteiger partial charge in [0, 0.05) is 11.3 Å². The maximum absolute atomic E-state index is 18.5. The van der Waals surface area contributed by atoms with Gasteiger partial charge in [0.25, 0.3) is 0 Å². The topological polar surface area (TPSA) is 103 Å². The average Bonchev–Trinajstić information content (AvgIpc) is 3.54. The number of allylic oxidation sites excluding steroid dienone is 3. The number of hydrogen-bond acceptors (Lipinski definition) is 6. The van der Waals surface area contributed by atoms with Crippen LogP contribution < -0.4 is 0 Å². The summed E-state index contributed by atoms with van der Waals surface area (Å²) in [4.78, 5) is 2.76. The third-order valence-electron chi connectivity index (χ3n) is 7.02. The van der Waals surface area contributed by atoms with E-state index in [2.05, 4.69) is 15.3 Å². The Morgan fingerprint density at radius 2 is 1.69 bits per heavy atom. The minimum Gasteiger partial charge on any atom is -0.393 e. The van der Waals surface area contributed by atoms with Gasteiger partial charge in [0.2, 0.25) is 5.67 Å². The van der Waals surface area contributed by atoms with Crippen molar-refractivity contribution in [3.63, 3.8) is 0 Å². The first-order chi connectivity index (χ1) is 19.6. The van der Waals surface area contributed by atoms with Crippen LogP contribution in [0.3, 0.4) is 0 Å². The number of halogens is 6. The summed E-state index contributed by atoms with van der Waals surface area (Å²) in [7, 11) is -4.48. The maximum atomic E-state index is 18.5. The van der Waals surface area contributed by atoms with Crippen LogP contribution in [-0.2, 0) is 27.2 Å². The number of nitrogens with zero attached hydrogens (tertiary/aromatic N) is 5. The number of rotatable bonds is 6. The van der Waals surface area contributed by atoms with Crippen molar-refractivity contribution >= 4 is 38.6 Å². The molecule has 0 fully saturated rings. The minimum absolute atomic E-state index is 0.0661. The van der Waals surface area contributed by atoms with Gasteiger partial charge >= 0.3 is 6.18 Å². The van der Waals surface area contributed by atoms with E-state index in [9.17, 15) is 26.7 Å². The third kappa shape index (κ3) is 4.64. The molecule has 1 aliphatic rings. The van der Waals surface area contributed by atoms with E-state index < -0.39 is 61.1 Å². The van der Waals surface area contributed by atoms with Crippen molar-refractivity contribution in [1.82, 2.24) is 24.5 Å². The summed E-state index contributed by atoms with van der Waals surface area (Å²) in [6.07, 6.45) is -1.20. The highest BCUT2D eigenvalue weighted by Gasteiger charge is 2.63. The Morgan fingerprint density at radius 1 is 1.05 bits per heavy atom. The van der Waals surface area contributed by atoms with Crippen LogP contribution in [0.25, 0.3) is 11.3 Å². The third-order valence-corrected chi connectivity index (χ3v) is 8.87. The van der Waals surface area contributed by atoms with Crippen molar-refractivity contribution < 1.29 is 31.1 Å². The molecule has 0 radical (unpaired) electrons. The zero-order chi connectivity index (χ0) is 30.7. The van der Waals surface area contributed by atoms with Crippen LogP contribution >= 0.6 is 23.2 Å². The van der Waals surface area contributed by atoms with Crippen LogP contribution in [0.5, 0.6) is 0 Å². The number of aliphatic hydroxyl groups is 1. The lowest BCUT2D eigenvalue weighted by molar-refractivity contribution is -0.141. The van der Waals surface area contributed by atoms with E-state index in [-0.39, 0.29) is 11.3 Å². The SMILES string of the molecule is Cc1nc(C(F)(F)F)c(Cl)n1C1(CO)C(S(C)(=O)=O)=CC(c2ccccc2)=CC1(F)c1cnnn1-c1ccc(Cl)cc1. The van der Waals surface area contributed by atoms with Crippen molar-refractivity contribution in [2.75, 3.05) is 12.9 Å². The molecule has 0 bridgehead atoms. The van der Waals surface area contributed by atoms with Crippen LogP contribution in [0.1, 0.15) is 22.8 Å². The highest BCUT2D eigenvalue weighted by atomic mass is 35.5. The number of aliphatic hydroxyl groups excluding tert-OH is 1. The molecular weight excluding hydrogens is 621 g/mol. The molecule has 8 nitrogen and oxygen atoms in total. The molecule has 0 amide bonds. The lowest BCUT2D eigenvalue weighted by Crippen LogP contribution is -2.57. The fourth-order valence-electron chi connectivity index (χ4n) is 5.23. The molecule has 0 saturated heterocycles. The van der Waals surface area contributed by atoms with Gasteiger partial charge in [-0.1, -0.05) is 58.7 Å². The summed E-state index contributed by atoms with van der Waals surface area (Å²) < 4.78 is 88.8. The van der Waals surface area contributed by atoms with Crippen LogP contribution in [0.2, 0.25) is 10.2 Å². The molecule has 2 unspecified atom stereocenters. The molecule has 1 N–H and O–H groups in total. The monoisotopic (exact) mass is 641 g/mol. The van der Waals surface area contributed by atoms with E-state index in [1.807, 2.05) is 0 Å². The first-order valence-electron chi connectivity index (χ1n) is 12.1. The lowest BCUT2D eigenvalue weighted by Gasteiger charge is -2.47. The predicted octanol–water partition coefficient (Wildman–Crippen LogP) is 5.68. The van der Waals surface area contributed by atoms with Gasteiger partial charge in [-0.25, -0.2) is 22.5 Å². The Balaban J connectivity index is 1.95. The second-order valence-electron chi connectivity index (χ2n) is 9.62. The standard InChI is InChI=1S/C27H21Cl2F4N5O3S/c1-16-35-23(27(31,32)33)24(29)37(16)26(15-39)22(42(2,40)41)12-18(17-6-4-3-5-7-17)13-25(26,30)21-14-34-36-38(21)20-10-8-19(28)9-11-20/h3-14,39H,15H2,1-2H3. The van der Waals surface area contributed by atoms with Crippen LogP contribution in [0.15, 0.2) is 77.9 Å². The zero-order valence-electron chi connectivity index (χ0n) is 21.8. The van der Waals surface area contributed by atoms with E-state index >= 15 is 4.39 Å². The summed E-state index contributed by atoms with van der Waals surface area (Å²) in [5.41, 5.74) is -7.28. The molecule has 0 aliphatic heterocycles. The molecule has 5 rings (SSSR count). The van der Waals surface area contributed by atoms with E-state index in [1.54, 1.807) is 30.3 Å². The van der Waals surface area contributed by atoms with E-state index in [4.69, 9.17) is 23.2 Å². The number of aromatic nitrogens is 5. The number of alkyl halides is 4. The quantitative estimate of drug-likeness (QED) is 0.272. The largest absolute Gasteiger partial charge is 0.436 e. The summed E-state index contributed by atoms with van der Waals surface area (Å²) in [6.45, 7) is -0.259. The van der Waals surface area contributed by atoms with Crippen LogP contribution in [0, 0.1) is 6.92 Å². The number of hydrogen-bond donors (Lipinski definition) is 1. The van der Waals surface area contributed by atoms with Crippen molar-refractivity contribution in [2.45, 2.75) is 24.3 Å². The zero-order valence-corrected chi connectivity index (χ0v) is 24.1. The van der Waals surface area contributed by atoms with Crippen LogP contribution in [0.4, 0.5) is 17.6 Å². The Morgan fingerprint density at radius 3 is 2.24 bits per heavy atom. The molecule has 15 heteroatoms. The Hall–Kier alpha value is -3.52. The van der Waals surface area contributed by atoms with E-state index in [0.717, 1.165) is 36.2 Å². The Labute approximate surface area is 247 Å². The summed E-state index contributed by atoms with van der Waals surface area (Å²) in [5.74, 6) is -0.500. The highest BCUT2D eigenvalue weighted by molar-refractivity contribution is 7.94. The van der Waals surface area contributed by atoms with Gasteiger partial charge in [-0.15, -0.1) is 5.10 Å². The number of benzene rings is 2. The van der Waals surface area contributed by atoms with Crippen molar-refractivity contribution in [3.05, 3.63) is 111 Å². The van der Waals surface area contributed by atoms with E-state index in [0.29, 0.717) is 15.2 Å². The molecule has 220 valence electrons. The fourth-order valence-corrected chi connectivity index (χ4v) is 7.04.